The zero-order valence-corrected chi connectivity index (χ0v) is 14.2. The van der Waals surface area contributed by atoms with Crippen molar-refractivity contribution in [3.63, 3.8) is 0 Å². The predicted octanol–water partition coefficient (Wildman–Crippen LogP) is 3.55. The van der Waals surface area contributed by atoms with Crippen LogP contribution in [0.2, 0.25) is 0 Å². The van der Waals surface area contributed by atoms with Crippen molar-refractivity contribution in [2.45, 2.75) is 31.8 Å². The second-order valence-electron chi connectivity index (χ2n) is 6.23. The summed E-state index contributed by atoms with van der Waals surface area (Å²) in [6.45, 7) is 4.04. The summed E-state index contributed by atoms with van der Waals surface area (Å²) in [5.41, 5.74) is 0.945. The lowest BCUT2D eigenvalue weighted by Gasteiger charge is -2.34. The molecule has 1 aliphatic rings. The van der Waals surface area contributed by atoms with E-state index in [-0.39, 0.29) is 17.6 Å². The predicted molar refractivity (Wildman–Crippen MR) is 94.0 cm³/mol. The summed E-state index contributed by atoms with van der Waals surface area (Å²) in [6, 6.07) is 11.7. The highest BCUT2D eigenvalue weighted by atomic mass is 19.1. The minimum Gasteiger partial charge on any atom is -0.494 e. The van der Waals surface area contributed by atoms with E-state index in [0.717, 1.165) is 37.3 Å². The molecular weight excluding hydrogens is 305 g/mol. The highest BCUT2D eigenvalue weighted by molar-refractivity contribution is 5.38. The molecule has 3 rings (SSSR count). The molecule has 1 fully saturated rings. The molecule has 0 aliphatic carbocycles. The number of anilines is 1. The van der Waals surface area contributed by atoms with Crippen molar-refractivity contribution in [1.82, 2.24) is 10.3 Å². The number of methoxy groups -OCH3 is 1. The Hall–Kier alpha value is -2.14. The van der Waals surface area contributed by atoms with Gasteiger partial charge in [0.05, 0.1) is 7.11 Å². The fourth-order valence-electron chi connectivity index (χ4n) is 3.22. The first-order chi connectivity index (χ1) is 11.7. The average molecular weight is 329 g/mol. The van der Waals surface area contributed by atoms with E-state index in [1.165, 1.54) is 7.11 Å². The molecule has 1 aliphatic heterocycles. The van der Waals surface area contributed by atoms with Gasteiger partial charge in [-0.1, -0.05) is 12.1 Å². The van der Waals surface area contributed by atoms with Crippen LogP contribution >= 0.6 is 0 Å². The Kier molecular flexibility index (Phi) is 5.30. The molecular formula is C19H24FN3O. The summed E-state index contributed by atoms with van der Waals surface area (Å²) in [5, 5.41) is 3.62. The van der Waals surface area contributed by atoms with Gasteiger partial charge in [-0.2, -0.15) is 0 Å². The Bertz CT molecular complexity index is 657. The lowest BCUT2D eigenvalue weighted by Crippen LogP contribution is -2.43. The molecule has 1 aromatic carbocycles. The third-order valence-electron chi connectivity index (χ3n) is 4.63. The second-order valence-corrected chi connectivity index (χ2v) is 6.23. The maximum absolute atomic E-state index is 13.9. The Morgan fingerprint density at radius 1 is 1.25 bits per heavy atom. The summed E-state index contributed by atoms with van der Waals surface area (Å²) in [6.07, 6.45) is 3.94. The third-order valence-corrected chi connectivity index (χ3v) is 4.63. The monoisotopic (exact) mass is 329 g/mol. The van der Waals surface area contributed by atoms with Crippen molar-refractivity contribution in [2.75, 3.05) is 25.1 Å². The minimum absolute atomic E-state index is 0.108. The molecule has 0 bridgehead atoms. The number of benzene rings is 1. The molecule has 2 heterocycles. The fourth-order valence-corrected chi connectivity index (χ4v) is 3.22. The van der Waals surface area contributed by atoms with Gasteiger partial charge in [0.2, 0.25) is 0 Å². The summed E-state index contributed by atoms with van der Waals surface area (Å²) in [7, 11) is 1.48. The molecule has 0 spiro atoms. The van der Waals surface area contributed by atoms with E-state index in [1.807, 2.05) is 24.4 Å². The van der Waals surface area contributed by atoms with Gasteiger partial charge in [-0.15, -0.1) is 0 Å². The van der Waals surface area contributed by atoms with Crippen molar-refractivity contribution in [2.24, 2.45) is 0 Å². The molecule has 1 aromatic heterocycles. The molecule has 0 saturated carbocycles. The van der Waals surface area contributed by atoms with Crippen LogP contribution in [0.25, 0.3) is 0 Å². The van der Waals surface area contributed by atoms with Gasteiger partial charge in [-0.3, -0.25) is 0 Å². The molecule has 4 nitrogen and oxygen atoms in total. The van der Waals surface area contributed by atoms with Gasteiger partial charge in [0, 0.05) is 31.4 Å². The van der Waals surface area contributed by atoms with Gasteiger partial charge in [0.15, 0.2) is 11.6 Å². The largest absolute Gasteiger partial charge is 0.494 e. The van der Waals surface area contributed by atoms with E-state index in [1.54, 1.807) is 12.1 Å². The van der Waals surface area contributed by atoms with Crippen LogP contribution in [0.4, 0.5) is 10.2 Å². The highest BCUT2D eigenvalue weighted by Crippen LogP contribution is 2.24. The number of piperidine rings is 1. The van der Waals surface area contributed by atoms with Crippen LogP contribution < -0.4 is 15.0 Å². The van der Waals surface area contributed by atoms with E-state index in [4.69, 9.17) is 4.74 Å². The van der Waals surface area contributed by atoms with Crippen molar-refractivity contribution in [3.8, 4) is 5.75 Å². The first kappa shape index (κ1) is 16.7. The van der Waals surface area contributed by atoms with Gasteiger partial charge >= 0.3 is 0 Å². The number of rotatable bonds is 5. The Balaban J connectivity index is 1.55. The van der Waals surface area contributed by atoms with Crippen molar-refractivity contribution in [3.05, 3.63) is 54.0 Å². The number of pyridine rings is 1. The summed E-state index contributed by atoms with van der Waals surface area (Å²) in [4.78, 5) is 6.73. The Morgan fingerprint density at radius 2 is 2.04 bits per heavy atom. The summed E-state index contributed by atoms with van der Waals surface area (Å²) < 4.78 is 18.8. The molecule has 5 heteroatoms. The quantitative estimate of drug-likeness (QED) is 0.910. The summed E-state index contributed by atoms with van der Waals surface area (Å²) in [5.74, 6) is 1.02. The molecule has 128 valence electrons. The topological polar surface area (TPSA) is 37.4 Å². The minimum atomic E-state index is -0.311. The van der Waals surface area contributed by atoms with E-state index in [0.29, 0.717) is 6.04 Å². The number of nitrogens with zero attached hydrogens (tertiary/aromatic N) is 2. The number of hydrogen-bond donors (Lipinski definition) is 1. The van der Waals surface area contributed by atoms with Crippen molar-refractivity contribution >= 4 is 5.82 Å². The molecule has 0 amide bonds. The van der Waals surface area contributed by atoms with Gasteiger partial charge in [-0.25, -0.2) is 9.37 Å². The van der Waals surface area contributed by atoms with Crippen LogP contribution in [-0.4, -0.2) is 31.2 Å². The zero-order valence-electron chi connectivity index (χ0n) is 14.2. The van der Waals surface area contributed by atoms with Crippen LogP contribution in [0.3, 0.4) is 0 Å². The Morgan fingerprint density at radius 3 is 2.67 bits per heavy atom. The number of hydrogen-bond acceptors (Lipinski definition) is 4. The SMILES string of the molecule is COc1ccc([C@H](C)NC2CCN(c3ccccn3)CC2)cc1F. The van der Waals surface area contributed by atoms with Crippen LogP contribution in [0.15, 0.2) is 42.6 Å². The zero-order chi connectivity index (χ0) is 16.9. The third kappa shape index (κ3) is 3.85. The highest BCUT2D eigenvalue weighted by Gasteiger charge is 2.21. The molecule has 1 N–H and O–H groups in total. The summed E-state index contributed by atoms with van der Waals surface area (Å²) >= 11 is 0. The van der Waals surface area contributed by atoms with E-state index in [2.05, 4.69) is 28.2 Å². The molecule has 2 aromatic rings. The molecule has 0 radical (unpaired) electrons. The lowest BCUT2D eigenvalue weighted by atomic mass is 10.0. The lowest BCUT2D eigenvalue weighted by molar-refractivity contribution is 0.374. The second kappa shape index (κ2) is 7.62. The first-order valence-electron chi connectivity index (χ1n) is 8.43. The number of ether oxygens (including phenoxy) is 1. The number of aromatic nitrogens is 1. The van der Waals surface area contributed by atoms with Crippen LogP contribution in [0, 0.1) is 5.82 Å². The van der Waals surface area contributed by atoms with Gasteiger partial charge in [0.1, 0.15) is 5.82 Å². The maximum Gasteiger partial charge on any atom is 0.165 e. The van der Waals surface area contributed by atoms with Crippen LogP contribution in [0.1, 0.15) is 31.4 Å². The van der Waals surface area contributed by atoms with Crippen LogP contribution in [-0.2, 0) is 0 Å². The molecule has 24 heavy (non-hydrogen) atoms. The van der Waals surface area contributed by atoms with Crippen molar-refractivity contribution < 1.29 is 9.13 Å². The first-order valence-corrected chi connectivity index (χ1v) is 8.43. The van der Waals surface area contributed by atoms with E-state index in [9.17, 15) is 4.39 Å². The van der Waals surface area contributed by atoms with Gasteiger partial charge in [0.25, 0.3) is 0 Å². The Labute approximate surface area is 142 Å². The van der Waals surface area contributed by atoms with E-state index >= 15 is 0 Å². The fraction of sp³-hybridized carbons (Fsp3) is 0.421. The molecule has 1 atom stereocenters. The average Bonchev–Trinajstić information content (AvgIpc) is 2.63. The van der Waals surface area contributed by atoms with Crippen molar-refractivity contribution in [1.29, 1.82) is 0 Å². The molecule has 0 unspecified atom stereocenters. The maximum atomic E-state index is 13.9. The van der Waals surface area contributed by atoms with E-state index < -0.39 is 0 Å². The van der Waals surface area contributed by atoms with Crippen LogP contribution in [0.5, 0.6) is 5.75 Å². The smallest absolute Gasteiger partial charge is 0.165 e. The number of nitrogens with one attached hydrogen (secondary N) is 1. The normalized spacial score (nSPS) is 16.9. The number of halogens is 1. The van der Waals surface area contributed by atoms with Gasteiger partial charge < -0.3 is 15.0 Å². The van der Waals surface area contributed by atoms with Gasteiger partial charge in [-0.05, 0) is 49.6 Å². The molecule has 1 saturated heterocycles. The standard InChI is InChI=1S/C19H24FN3O/c1-14(15-6-7-18(24-2)17(20)13-15)22-16-8-11-23(12-9-16)19-5-3-4-10-21-19/h3-7,10,13-14,16,22H,8-9,11-12H2,1-2H3/t14-/m0/s1.